The van der Waals surface area contributed by atoms with Crippen molar-refractivity contribution in [2.24, 2.45) is 5.73 Å². The Labute approximate surface area is 99.0 Å². The molecule has 0 atom stereocenters. The molecule has 4 nitrogen and oxygen atoms in total. The molecule has 0 saturated heterocycles. The maximum atomic E-state index is 5.93. The van der Waals surface area contributed by atoms with Crippen molar-refractivity contribution in [3.8, 4) is 0 Å². The van der Waals surface area contributed by atoms with Gasteiger partial charge < -0.3 is 10.2 Å². The fourth-order valence-corrected chi connectivity index (χ4v) is 1.75. The highest BCUT2D eigenvalue weighted by atomic mass is 35.5. The van der Waals surface area contributed by atoms with Crippen molar-refractivity contribution in [2.75, 3.05) is 0 Å². The van der Waals surface area contributed by atoms with E-state index in [2.05, 4.69) is 5.10 Å². The zero-order valence-electron chi connectivity index (χ0n) is 9.33. The van der Waals surface area contributed by atoms with Gasteiger partial charge in [0.1, 0.15) is 11.5 Å². The van der Waals surface area contributed by atoms with Gasteiger partial charge in [-0.15, -0.1) is 0 Å². The largest absolute Gasteiger partial charge is 0.464 e. The molecular weight excluding hydrogens is 226 g/mol. The molecule has 0 fully saturated rings. The van der Waals surface area contributed by atoms with E-state index in [-0.39, 0.29) is 0 Å². The van der Waals surface area contributed by atoms with E-state index in [9.17, 15) is 0 Å². The highest BCUT2D eigenvalue weighted by Crippen LogP contribution is 2.17. The molecule has 2 N–H and O–H groups in total. The summed E-state index contributed by atoms with van der Waals surface area (Å²) in [5.74, 6) is 1.71. The molecule has 0 aliphatic heterocycles. The van der Waals surface area contributed by atoms with E-state index in [0.717, 1.165) is 22.8 Å². The van der Waals surface area contributed by atoms with Crippen LogP contribution in [-0.4, -0.2) is 9.78 Å². The SMILES string of the molecule is Cc1nn(Cc2cc(CN)c(C)o2)cc1Cl. The van der Waals surface area contributed by atoms with E-state index >= 15 is 0 Å². The number of hydrogen-bond acceptors (Lipinski definition) is 3. The summed E-state index contributed by atoms with van der Waals surface area (Å²) in [5.41, 5.74) is 7.44. The third-order valence-electron chi connectivity index (χ3n) is 2.50. The highest BCUT2D eigenvalue weighted by molar-refractivity contribution is 6.31. The smallest absolute Gasteiger partial charge is 0.125 e. The quantitative estimate of drug-likeness (QED) is 0.894. The van der Waals surface area contributed by atoms with Gasteiger partial charge in [-0.3, -0.25) is 4.68 Å². The summed E-state index contributed by atoms with van der Waals surface area (Å²) in [7, 11) is 0. The Bertz CT molecular complexity index is 482. The molecule has 2 heterocycles. The summed E-state index contributed by atoms with van der Waals surface area (Å²) < 4.78 is 7.33. The second-order valence-electron chi connectivity index (χ2n) is 3.76. The van der Waals surface area contributed by atoms with Crippen molar-refractivity contribution >= 4 is 11.6 Å². The summed E-state index contributed by atoms with van der Waals surface area (Å²) in [6.07, 6.45) is 1.79. The van der Waals surface area contributed by atoms with E-state index in [0.29, 0.717) is 18.1 Å². The van der Waals surface area contributed by atoms with Crippen LogP contribution in [0.4, 0.5) is 0 Å². The molecule has 0 saturated carbocycles. The predicted octanol–water partition coefficient (Wildman–Crippen LogP) is 2.25. The summed E-state index contributed by atoms with van der Waals surface area (Å²) in [6.45, 7) is 4.85. The first-order valence-corrected chi connectivity index (χ1v) is 5.45. The fraction of sp³-hybridized carbons (Fsp3) is 0.364. The molecule has 0 spiro atoms. The number of furan rings is 1. The Hall–Kier alpha value is -1.26. The lowest BCUT2D eigenvalue weighted by molar-refractivity contribution is 0.457. The molecular formula is C11H14ClN3O. The lowest BCUT2D eigenvalue weighted by Gasteiger charge is -1.96. The Morgan fingerprint density at radius 3 is 2.75 bits per heavy atom. The molecule has 5 heteroatoms. The highest BCUT2D eigenvalue weighted by Gasteiger charge is 2.08. The first kappa shape index (κ1) is 11.2. The van der Waals surface area contributed by atoms with Gasteiger partial charge in [-0.05, 0) is 19.9 Å². The number of aryl methyl sites for hydroxylation is 2. The molecule has 86 valence electrons. The van der Waals surface area contributed by atoms with Gasteiger partial charge >= 0.3 is 0 Å². The van der Waals surface area contributed by atoms with Crippen LogP contribution in [0, 0.1) is 13.8 Å². The van der Waals surface area contributed by atoms with Crippen LogP contribution in [0.15, 0.2) is 16.7 Å². The van der Waals surface area contributed by atoms with Crippen LogP contribution in [0.2, 0.25) is 5.02 Å². The minimum atomic E-state index is 0.494. The average molecular weight is 240 g/mol. The summed E-state index contributed by atoms with van der Waals surface area (Å²) >= 11 is 5.93. The molecule has 2 aromatic heterocycles. The van der Waals surface area contributed by atoms with Crippen molar-refractivity contribution in [3.63, 3.8) is 0 Å². The van der Waals surface area contributed by atoms with Crippen LogP contribution in [-0.2, 0) is 13.1 Å². The Kier molecular flexibility index (Phi) is 3.03. The number of aromatic nitrogens is 2. The van der Waals surface area contributed by atoms with Gasteiger partial charge in [0.05, 0.1) is 17.3 Å². The fourth-order valence-electron chi connectivity index (χ4n) is 1.60. The molecule has 0 aliphatic carbocycles. The molecule has 0 radical (unpaired) electrons. The van der Waals surface area contributed by atoms with Crippen molar-refractivity contribution in [1.29, 1.82) is 0 Å². The van der Waals surface area contributed by atoms with Crippen molar-refractivity contribution in [3.05, 3.63) is 40.1 Å². The van der Waals surface area contributed by atoms with Gasteiger partial charge in [0.25, 0.3) is 0 Å². The molecule has 2 aromatic rings. The third-order valence-corrected chi connectivity index (χ3v) is 2.87. The number of nitrogens with two attached hydrogens (primary N) is 1. The van der Waals surface area contributed by atoms with Crippen molar-refractivity contribution in [1.82, 2.24) is 9.78 Å². The molecule has 0 aromatic carbocycles. The van der Waals surface area contributed by atoms with Gasteiger partial charge in [0.15, 0.2) is 0 Å². The Balaban J connectivity index is 2.20. The van der Waals surface area contributed by atoms with Gasteiger partial charge in [0, 0.05) is 18.3 Å². The predicted molar refractivity (Wildman–Crippen MR) is 62.4 cm³/mol. The van der Waals surface area contributed by atoms with Crippen LogP contribution in [0.1, 0.15) is 22.8 Å². The number of halogens is 1. The number of rotatable bonds is 3. The summed E-state index contributed by atoms with van der Waals surface area (Å²) in [5, 5.41) is 4.93. The molecule has 2 rings (SSSR count). The second-order valence-corrected chi connectivity index (χ2v) is 4.17. The minimum Gasteiger partial charge on any atom is -0.464 e. The first-order chi connectivity index (χ1) is 7.60. The zero-order valence-corrected chi connectivity index (χ0v) is 10.1. The van der Waals surface area contributed by atoms with Crippen LogP contribution >= 0.6 is 11.6 Å². The molecule has 0 bridgehead atoms. The first-order valence-electron chi connectivity index (χ1n) is 5.08. The van der Waals surface area contributed by atoms with Gasteiger partial charge in [-0.25, -0.2) is 0 Å². The molecule has 16 heavy (non-hydrogen) atoms. The maximum Gasteiger partial charge on any atom is 0.125 e. The van der Waals surface area contributed by atoms with Crippen LogP contribution < -0.4 is 5.73 Å². The van der Waals surface area contributed by atoms with E-state index < -0.39 is 0 Å². The van der Waals surface area contributed by atoms with Crippen molar-refractivity contribution < 1.29 is 4.42 Å². The monoisotopic (exact) mass is 239 g/mol. The maximum absolute atomic E-state index is 5.93. The van der Waals surface area contributed by atoms with Crippen LogP contribution in [0.3, 0.4) is 0 Å². The second kappa shape index (κ2) is 4.31. The van der Waals surface area contributed by atoms with E-state index in [1.165, 1.54) is 0 Å². The minimum absolute atomic E-state index is 0.494. The topological polar surface area (TPSA) is 57.0 Å². The Morgan fingerprint density at radius 2 is 2.25 bits per heavy atom. The summed E-state index contributed by atoms with van der Waals surface area (Å²) in [6, 6.07) is 1.96. The van der Waals surface area contributed by atoms with Gasteiger partial charge in [0.2, 0.25) is 0 Å². The molecule has 0 unspecified atom stereocenters. The van der Waals surface area contributed by atoms with E-state index in [1.807, 2.05) is 19.9 Å². The lowest BCUT2D eigenvalue weighted by atomic mass is 10.2. The normalized spacial score (nSPS) is 11.0. The van der Waals surface area contributed by atoms with Gasteiger partial charge in [-0.1, -0.05) is 11.6 Å². The van der Waals surface area contributed by atoms with E-state index in [1.54, 1.807) is 10.9 Å². The van der Waals surface area contributed by atoms with Crippen LogP contribution in [0.5, 0.6) is 0 Å². The molecule has 0 aliphatic rings. The van der Waals surface area contributed by atoms with Crippen molar-refractivity contribution in [2.45, 2.75) is 26.9 Å². The third kappa shape index (κ3) is 2.13. The van der Waals surface area contributed by atoms with Crippen LogP contribution in [0.25, 0.3) is 0 Å². The standard InChI is InChI=1S/C11H14ClN3O/c1-7-11(12)6-15(14-7)5-10-3-9(4-13)8(2)16-10/h3,6H,4-5,13H2,1-2H3. The molecule has 0 amide bonds. The Morgan fingerprint density at radius 1 is 1.50 bits per heavy atom. The average Bonchev–Trinajstić information content (AvgIpc) is 2.72. The number of hydrogen-bond donors (Lipinski definition) is 1. The lowest BCUT2D eigenvalue weighted by Crippen LogP contribution is -1.99. The number of nitrogens with zero attached hydrogens (tertiary/aromatic N) is 2. The van der Waals surface area contributed by atoms with Gasteiger partial charge in [-0.2, -0.15) is 5.10 Å². The van der Waals surface area contributed by atoms with E-state index in [4.69, 9.17) is 21.8 Å². The summed E-state index contributed by atoms with van der Waals surface area (Å²) in [4.78, 5) is 0. The zero-order chi connectivity index (χ0) is 11.7.